The third-order valence-electron chi connectivity index (χ3n) is 3.77. The molecule has 1 aliphatic rings. The molecule has 1 saturated heterocycles. The van der Waals surface area contributed by atoms with Gasteiger partial charge in [0, 0.05) is 31.9 Å². The number of anilines is 1. The second-order valence-electron chi connectivity index (χ2n) is 5.97. The Morgan fingerprint density at radius 3 is 2.48 bits per heavy atom. The van der Waals surface area contributed by atoms with Crippen molar-refractivity contribution >= 4 is 23.7 Å². The number of rotatable bonds is 6. The Labute approximate surface area is 163 Å². The van der Waals surface area contributed by atoms with Crippen molar-refractivity contribution in [2.75, 3.05) is 12.3 Å². The zero-order valence-electron chi connectivity index (χ0n) is 15.7. The van der Waals surface area contributed by atoms with Gasteiger partial charge in [-0.2, -0.15) is 4.98 Å². The molecule has 2 N–H and O–H groups in total. The minimum absolute atomic E-state index is 0.0777. The average Bonchev–Trinajstić information content (AvgIpc) is 2.87. The van der Waals surface area contributed by atoms with Crippen molar-refractivity contribution in [3.63, 3.8) is 0 Å². The second-order valence-corrected chi connectivity index (χ2v) is 5.97. The molecule has 2 rings (SSSR count). The Bertz CT molecular complexity index is 926. The van der Waals surface area contributed by atoms with Gasteiger partial charge in [0.1, 0.15) is 12.4 Å². The number of esters is 3. The van der Waals surface area contributed by atoms with E-state index in [-0.39, 0.29) is 5.82 Å². The Hall–Kier alpha value is -3.64. The monoisotopic (exact) mass is 410 g/mol. The van der Waals surface area contributed by atoms with Gasteiger partial charge < -0.3 is 24.7 Å². The predicted molar refractivity (Wildman–Crippen MR) is 92.6 cm³/mol. The molecule has 29 heavy (non-hydrogen) atoms. The molecule has 14 nitrogen and oxygen atoms in total. The van der Waals surface area contributed by atoms with Crippen LogP contribution in [0.3, 0.4) is 0 Å². The van der Waals surface area contributed by atoms with Gasteiger partial charge in [-0.3, -0.25) is 19.0 Å². The van der Waals surface area contributed by atoms with Crippen molar-refractivity contribution in [3.8, 4) is 0 Å². The maximum atomic E-state index is 12.3. The highest BCUT2D eigenvalue weighted by Gasteiger charge is 2.61. The Balaban J connectivity index is 2.64. The van der Waals surface area contributed by atoms with Crippen LogP contribution in [-0.4, -0.2) is 52.0 Å². The first-order valence-corrected chi connectivity index (χ1v) is 8.16. The van der Waals surface area contributed by atoms with Crippen LogP contribution in [0.2, 0.25) is 0 Å². The lowest BCUT2D eigenvalue weighted by Gasteiger charge is -2.29. The molecule has 0 amide bonds. The topological polar surface area (TPSA) is 198 Å². The molecule has 14 heteroatoms. The fourth-order valence-corrected chi connectivity index (χ4v) is 2.74. The largest absolute Gasteiger partial charge is 0.462 e. The van der Waals surface area contributed by atoms with Gasteiger partial charge >= 0.3 is 23.6 Å². The van der Waals surface area contributed by atoms with Crippen LogP contribution in [0.15, 0.2) is 22.2 Å². The summed E-state index contributed by atoms with van der Waals surface area (Å²) in [6.07, 6.45) is -3.23. The van der Waals surface area contributed by atoms with E-state index in [4.69, 9.17) is 30.2 Å². The van der Waals surface area contributed by atoms with E-state index < -0.39 is 54.4 Å². The van der Waals surface area contributed by atoms with Crippen LogP contribution < -0.4 is 11.4 Å². The molecule has 0 bridgehead atoms. The summed E-state index contributed by atoms with van der Waals surface area (Å²) in [4.78, 5) is 53.1. The fourth-order valence-electron chi connectivity index (χ4n) is 2.74. The molecular formula is C15H18N6O8. The Morgan fingerprint density at radius 1 is 1.31 bits per heavy atom. The highest BCUT2D eigenvalue weighted by Crippen LogP contribution is 2.42. The Kier molecular flexibility index (Phi) is 6.41. The number of hydrogen-bond donors (Lipinski definition) is 1. The summed E-state index contributed by atoms with van der Waals surface area (Å²) >= 11 is 0. The molecule has 4 atom stereocenters. The van der Waals surface area contributed by atoms with Crippen molar-refractivity contribution < 1.29 is 33.3 Å². The quantitative estimate of drug-likeness (QED) is 0.215. The van der Waals surface area contributed by atoms with E-state index >= 15 is 0 Å². The molecule has 0 aliphatic carbocycles. The number of aromatic nitrogens is 2. The van der Waals surface area contributed by atoms with E-state index in [0.717, 1.165) is 25.3 Å². The summed E-state index contributed by atoms with van der Waals surface area (Å²) in [5.41, 5.74) is 11.5. The average molecular weight is 410 g/mol. The standard InChI is InChI=1S/C15H18N6O8/c1-7(22)26-6-15(19-20-17)12(28-9(3)24)11(27-8(2)23)13(29-15)21-5-4-10(16)18-14(21)25/h4-5,11-13H,6H2,1-3H3,(H2,16,18,25)/t11-,12-,13+,15+/m0/s1. The summed E-state index contributed by atoms with van der Waals surface area (Å²) in [6, 6.07) is 1.27. The number of ether oxygens (including phenoxy) is 4. The molecule has 0 aromatic carbocycles. The summed E-state index contributed by atoms with van der Waals surface area (Å²) in [5.74, 6) is -2.46. The van der Waals surface area contributed by atoms with Gasteiger partial charge in [0.25, 0.3) is 0 Å². The molecule has 1 aromatic rings. The van der Waals surface area contributed by atoms with Gasteiger partial charge in [0.15, 0.2) is 18.4 Å². The van der Waals surface area contributed by atoms with Gasteiger partial charge in [-0.15, -0.1) is 0 Å². The van der Waals surface area contributed by atoms with Crippen LogP contribution in [-0.2, 0) is 33.3 Å². The summed E-state index contributed by atoms with van der Waals surface area (Å²) in [6.45, 7) is 2.54. The van der Waals surface area contributed by atoms with Crippen LogP contribution in [0.25, 0.3) is 10.4 Å². The second kappa shape index (κ2) is 8.58. The summed E-state index contributed by atoms with van der Waals surface area (Å²) in [7, 11) is 0. The number of nitrogen functional groups attached to an aromatic ring is 1. The molecule has 2 heterocycles. The summed E-state index contributed by atoms with van der Waals surface area (Å²) in [5, 5.41) is 3.49. The van der Waals surface area contributed by atoms with Crippen molar-refractivity contribution in [3.05, 3.63) is 33.2 Å². The SMILES string of the molecule is CC(=O)OC[C@@]1(N=[N+]=[N-])O[C@@H](n2ccc(N)nc2=O)[C@@H](OC(C)=O)[C@@H]1OC(C)=O. The first-order chi connectivity index (χ1) is 13.6. The van der Waals surface area contributed by atoms with Crippen molar-refractivity contribution in [2.24, 2.45) is 5.11 Å². The van der Waals surface area contributed by atoms with Gasteiger partial charge in [-0.05, 0) is 11.6 Å². The number of nitrogens with two attached hydrogens (primary N) is 1. The zero-order valence-corrected chi connectivity index (χ0v) is 15.7. The molecule has 1 aromatic heterocycles. The predicted octanol–water partition coefficient (Wildman–Crippen LogP) is -0.213. The van der Waals surface area contributed by atoms with E-state index in [1.165, 1.54) is 12.3 Å². The highest BCUT2D eigenvalue weighted by atomic mass is 16.7. The molecule has 0 saturated carbocycles. The van der Waals surface area contributed by atoms with E-state index in [1.54, 1.807) is 0 Å². The minimum Gasteiger partial charge on any atom is -0.462 e. The van der Waals surface area contributed by atoms with Crippen LogP contribution in [0.4, 0.5) is 5.82 Å². The fraction of sp³-hybridized carbons (Fsp3) is 0.533. The van der Waals surface area contributed by atoms with Crippen molar-refractivity contribution in [1.29, 1.82) is 0 Å². The summed E-state index contributed by atoms with van der Waals surface area (Å²) < 4.78 is 21.9. The lowest BCUT2D eigenvalue weighted by Crippen LogP contribution is -2.49. The van der Waals surface area contributed by atoms with E-state index in [9.17, 15) is 19.2 Å². The van der Waals surface area contributed by atoms with Crippen molar-refractivity contribution in [1.82, 2.24) is 9.55 Å². The first-order valence-electron chi connectivity index (χ1n) is 8.16. The highest BCUT2D eigenvalue weighted by molar-refractivity contribution is 5.68. The number of nitrogens with zero attached hydrogens (tertiary/aromatic N) is 5. The maximum Gasteiger partial charge on any atom is 0.351 e. The van der Waals surface area contributed by atoms with Gasteiger partial charge in [0.2, 0.25) is 5.72 Å². The third-order valence-corrected chi connectivity index (χ3v) is 3.77. The molecule has 1 fully saturated rings. The number of azide groups is 1. The molecule has 0 unspecified atom stereocenters. The number of hydrogen-bond acceptors (Lipinski definition) is 11. The maximum absolute atomic E-state index is 12.3. The molecule has 156 valence electrons. The van der Waals surface area contributed by atoms with E-state index in [1.807, 2.05) is 0 Å². The smallest absolute Gasteiger partial charge is 0.351 e. The minimum atomic E-state index is -2.13. The van der Waals surface area contributed by atoms with E-state index in [0.29, 0.717) is 0 Å². The molecule has 1 aliphatic heterocycles. The van der Waals surface area contributed by atoms with Crippen LogP contribution >= 0.6 is 0 Å². The van der Waals surface area contributed by atoms with Crippen LogP contribution in [0, 0.1) is 0 Å². The normalized spacial score (nSPS) is 25.6. The van der Waals surface area contributed by atoms with Crippen LogP contribution in [0.5, 0.6) is 0 Å². The molecule has 0 spiro atoms. The van der Waals surface area contributed by atoms with Gasteiger partial charge in [0.05, 0.1) is 0 Å². The van der Waals surface area contributed by atoms with E-state index in [2.05, 4.69) is 15.0 Å². The van der Waals surface area contributed by atoms with Gasteiger partial charge in [-0.25, -0.2) is 4.79 Å². The number of carbonyl (C=O) groups is 3. The Morgan fingerprint density at radius 2 is 1.97 bits per heavy atom. The van der Waals surface area contributed by atoms with Gasteiger partial charge in [-0.1, -0.05) is 5.11 Å². The molecular weight excluding hydrogens is 392 g/mol. The number of carbonyl (C=O) groups excluding carboxylic acids is 3. The third kappa shape index (κ3) is 4.80. The first kappa shape index (κ1) is 21.7. The van der Waals surface area contributed by atoms with Crippen molar-refractivity contribution in [2.45, 2.75) is 44.9 Å². The van der Waals surface area contributed by atoms with Crippen LogP contribution in [0.1, 0.15) is 27.0 Å². The lowest BCUT2D eigenvalue weighted by molar-refractivity contribution is -0.176. The zero-order chi connectivity index (χ0) is 21.8. The molecule has 0 radical (unpaired) electrons. The lowest BCUT2D eigenvalue weighted by atomic mass is 10.0.